The predicted octanol–water partition coefficient (Wildman–Crippen LogP) is 1.23. The Hall–Kier alpha value is -1.39. The SMILES string of the molecule is NCCCCCC(=O)N[C@@H](CO)Cc1ccccc1. The molecule has 19 heavy (non-hydrogen) atoms. The summed E-state index contributed by atoms with van der Waals surface area (Å²) in [5.74, 6) is 0.00648. The number of aliphatic hydroxyl groups is 1. The molecule has 0 unspecified atom stereocenters. The van der Waals surface area contributed by atoms with Crippen molar-refractivity contribution in [3.63, 3.8) is 0 Å². The van der Waals surface area contributed by atoms with Gasteiger partial charge in [-0.05, 0) is 31.4 Å². The topological polar surface area (TPSA) is 75.4 Å². The quantitative estimate of drug-likeness (QED) is 0.587. The molecular weight excluding hydrogens is 240 g/mol. The number of rotatable bonds is 9. The van der Waals surface area contributed by atoms with Gasteiger partial charge in [-0.3, -0.25) is 4.79 Å². The van der Waals surface area contributed by atoms with E-state index in [0.717, 1.165) is 24.8 Å². The van der Waals surface area contributed by atoms with Gasteiger partial charge in [-0.25, -0.2) is 0 Å². The molecule has 4 heteroatoms. The van der Waals surface area contributed by atoms with Crippen LogP contribution in [0.2, 0.25) is 0 Å². The standard InChI is InChI=1S/C15H24N2O2/c16-10-6-2-5-9-15(19)17-14(12-18)11-13-7-3-1-4-8-13/h1,3-4,7-8,14,18H,2,5-6,9-12,16H2,(H,17,19)/t14-/m1/s1. The molecule has 0 heterocycles. The van der Waals surface area contributed by atoms with Gasteiger partial charge in [0.1, 0.15) is 0 Å². The fourth-order valence-corrected chi connectivity index (χ4v) is 1.97. The number of hydrogen-bond donors (Lipinski definition) is 3. The van der Waals surface area contributed by atoms with Crippen molar-refractivity contribution >= 4 is 5.91 Å². The monoisotopic (exact) mass is 264 g/mol. The molecule has 0 bridgehead atoms. The predicted molar refractivity (Wildman–Crippen MR) is 76.7 cm³/mol. The molecule has 106 valence electrons. The fraction of sp³-hybridized carbons (Fsp3) is 0.533. The van der Waals surface area contributed by atoms with E-state index in [1.165, 1.54) is 0 Å². The van der Waals surface area contributed by atoms with Gasteiger partial charge in [-0.2, -0.15) is 0 Å². The number of unbranched alkanes of at least 4 members (excludes halogenated alkanes) is 2. The Balaban J connectivity index is 2.29. The summed E-state index contributed by atoms with van der Waals surface area (Å²) in [5, 5.41) is 12.2. The summed E-state index contributed by atoms with van der Waals surface area (Å²) in [7, 11) is 0. The molecule has 0 aromatic heterocycles. The molecule has 1 rings (SSSR count). The molecule has 0 aliphatic rings. The Labute approximate surface area is 115 Å². The van der Waals surface area contributed by atoms with Crippen molar-refractivity contribution in [2.24, 2.45) is 5.73 Å². The second-order valence-electron chi connectivity index (χ2n) is 4.74. The van der Waals surface area contributed by atoms with Crippen LogP contribution in [0.25, 0.3) is 0 Å². The minimum atomic E-state index is -0.204. The average Bonchev–Trinajstić information content (AvgIpc) is 2.44. The smallest absolute Gasteiger partial charge is 0.220 e. The van der Waals surface area contributed by atoms with Gasteiger partial charge >= 0.3 is 0 Å². The van der Waals surface area contributed by atoms with E-state index in [0.29, 0.717) is 19.4 Å². The van der Waals surface area contributed by atoms with Gasteiger partial charge in [0, 0.05) is 6.42 Å². The Morgan fingerprint density at radius 2 is 1.95 bits per heavy atom. The maximum atomic E-state index is 11.7. The van der Waals surface area contributed by atoms with E-state index in [1.54, 1.807) is 0 Å². The summed E-state index contributed by atoms with van der Waals surface area (Å²) in [4.78, 5) is 11.7. The number of aliphatic hydroxyl groups excluding tert-OH is 1. The van der Waals surface area contributed by atoms with Crippen molar-refractivity contribution < 1.29 is 9.90 Å². The molecule has 1 aromatic rings. The van der Waals surface area contributed by atoms with Gasteiger partial charge in [0.2, 0.25) is 5.91 Å². The van der Waals surface area contributed by atoms with Crippen molar-refractivity contribution in [1.29, 1.82) is 0 Å². The van der Waals surface area contributed by atoms with Crippen molar-refractivity contribution in [2.75, 3.05) is 13.2 Å². The highest BCUT2D eigenvalue weighted by Gasteiger charge is 2.11. The van der Waals surface area contributed by atoms with E-state index in [2.05, 4.69) is 5.32 Å². The van der Waals surface area contributed by atoms with Crippen molar-refractivity contribution in [1.82, 2.24) is 5.32 Å². The first-order chi connectivity index (χ1) is 9.26. The summed E-state index contributed by atoms with van der Waals surface area (Å²) >= 11 is 0. The average molecular weight is 264 g/mol. The first-order valence-electron chi connectivity index (χ1n) is 6.90. The molecule has 1 atom stereocenters. The Kier molecular flexibility index (Phi) is 7.86. The number of hydrogen-bond acceptors (Lipinski definition) is 3. The lowest BCUT2D eigenvalue weighted by Gasteiger charge is -2.16. The van der Waals surface area contributed by atoms with Gasteiger partial charge in [0.25, 0.3) is 0 Å². The van der Waals surface area contributed by atoms with Gasteiger partial charge in [0.05, 0.1) is 12.6 Å². The molecule has 0 fully saturated rings. The van der Waals surface area contributed by atoms with E-state index in [9.17, 15) is 9.90 Å². The third-order valence-corrected chi connectivity index (χ3v) is 3.02. The maximum absolute atomic E-state index is 11.7. The normalized spacial score (nSPS) is 12.1. The number of carbonyl (C=O) groups is 1. The second kappa shape index (κ2) is 9.53. The maximum Gasteiger partial charge on any atom is 0.220 e. The van der Waals surface area contributed by atoms with Crippen LogP contribution in [0, 0.1) is 0 Å². The lowest BCUT2D eigenvalue weighted by atomic mass is 10.1. The zero-order valence-corrected chi connectivity index (χ0v) is 11.3. The van der Waals surface area contributed by atoms with Crippen molar-refractivity contribution in [3.8, 4) is 0 Å². The third kappa shape index (κ3) is 6.94. The van der Waals surface area contributed by atoms with Crippen LogP contribution in [-0.2, 0) is 11.2 Å². The Morgan fingerprint density at radius 1 is 1.21 bits per heavy atom. The zero-order chi connectivity index (χ0) is 13.9. The zero-order valence-electron chi connectivity index (χ0n) is 11.3. The molecule has 4 N–H and O–H groups in total. The van der Waals surface area contributed by atoms with Crippen LogP contribution in [0.3, 0.4) is 0 Å². The fourth-order valence-electron chi connectivity index (χ4n) is 1.97. The summed E-state index contributed by atoms with van der Waals surface area (Å²) in [5.41, 5.74) is 6.52. The minimum absolute atomic E-state index is 0.00648. The number of nitrogens with one attached hydrogen (secondary N) is 1. The second-order valence-corrected chi connectivity index (χ2v) is 4.74. The molecule has 0 spiro atoms. The van der Waals surface area contributed by atoms with Gasteiger partial charge in [-0.15, -0.1) is 0 Å². The molecule has 1 amide bonds. The molecular formula is C15H24N2O2. The summed E-state index contributed by atoms with van der Waals surface area (Å²) in [6, 6.07) is 9.65. The van der Waals surface area contributed by atoms with E-state index < -0.39 is 0 Å². The first kappa shape index (κ1) is 15.7. The summed E-state index contributed by atoms with van der Waals surface area (Å²) < 4.78 is 0. The molecule has 0 saturated carbocycles. The molecule has 0 aliphatic heterocycles. The van der Waals surface area contributed by atoms with Crippen LogP contribution in [-0.4, -0.2) is 30.2 Å². The van der Waals surface area contributed by atoms with Crippen LogP contribution >= 0.6 is 0 Å². The minimum Gasteiger partial charge on any atom is -0.394 e. The number of carbonyl (C=O) groups excluding carboxylic acids is 1. The summed E-state index contributed by atoms with van der Waals surface area (Å²) in [6.07, 6.45) is 3.96. The molecule has 4 nitrogen and oxygen atoms in total. The highest BCUT2D eigenvalue weighted by atomic mass is 16.3. The van der Waals surface area contributed by atoms with Crippen molar-refractivity contribution in [3.05, 3.63) is 35.9 Å². The van der Waals surface area contributed by atoms with E-state index in [1.807, 2.05) is 30.3 Å². The number of benzene rings is 1. The van der Waals surface area contributed by atoms with Crippen LogP contribution < -0.4 is 11.1 Å². The van der Waals surface area contributed by atoms with E-state index in [-0.39, 0.29) is 18.6 Å². The number of amides is 1. The molecule has 0 saturated heterocycles. The van der Waals surface area contributed by atoms with Crippen LogP contribution in [0.5, 0.6) is 0 Å². The Morgan fingerprint density at radius 3 is 2.58 bits per heavy atom. The molecule has 0 radical (unpaired) electrons. The highest BCUT2D eigenvalue weighted by molar-refractivity contribution is 5.76. The lowest BCUT2D eigenvalue weighted by Crippen LogP contribution is -2.38. The number of nitrogens with two attached hydrogens (primary N) is 1. The molecule has 1 aromatic carbocycles. The Bertz CT molecular complexity index is 354. The van der Waals surface area contributed by atoms with E-state index >= 15 is 0 Å². The largest absolute Gasteiger partial charge is 0.394 e. The lowest BCUT2D eigenvalue weighted by molar-refractivity contribution is -0.122. The van der Waals surface area contributed by atoms with Crippen molar-refractivity contribution in [2.45, 2.75) is 38.1 Å². The van der Waals surface area contributed by atoms with Crippen LogP contribution in [0.15, 0.2) is 30.3 Å². The van der Waals surface area contributed by atoms with Gasteiger partial charge < -0.3 is 16.2 Å². The third-order valence-electron chi connectivity index (χ3n) is 3.02. The van der Waals surface area contributed by atoms with Crippen LogP contribution in [0.1, 0.15) is 31.2 Å². The van der Waals surface area contributed by atoms with E-state index in [4.69, 9.17) is 5.73 Å². The highest BCUT2D eigenvalue weighted by Crippen LogP contribution is 2.04. The van der Waals surface area contributed by atoms with Gasteiger partial charge in [-0.1, -0.05) is 36.8 Å². The van der Waals surface area contributed by atoms with Gasteiger partial charge in [0.15, 0.2) is 0 Å². The van der Waals surface area contributed by atoms with Crippen LogP contribution in [0.4, 0.5) is 0 Å². The first-order valence-corrected chi connectivity index (χ1v) is 6.90. The molecule has 0 aliphatic carbocycles. The summed E-state index contributed by atoms with van der Waals surface area (Å²) in [6.45, 7) is 0.637.